The van der Waals surface area contributed by atoms with Crippen LogP contribution < -0.4 is 10.2 Å². The van der Waals surface area contributed by atoms with Crippen molar-refractivity contribution in [1.29, 1.82) is 0 Å². The summed E-state index contributed by atoms with van der Waals surface area (Å²) in [6.45, 7) is 0. The molecular formula is C20H17N5OS. The largest absolute Gasteiger partial charge is 0.337 e. The number of carbonyl (C=O) groups excluding carboxylic acids is 1. The molecule has 27 heavy (non-hydrogen) atoms. The number of aromatic nitrogens is 3. The van der Waals surface area contributed by atoms with Crippen molar-refractivity contribution in [3.8, 4) is 11.5 Å². The Morgan fingerprint density at radius 2 is 2.04 bits per heavy atom. The molecule has 7 heteroatoms. The number of para-hydroxylation sites is 1. The number of carbonyl (C=O) groups is 1. The zero-order chi connectivity index (χ0) is 18.2. The molecule has 6 nitrogen and oxygen atoms in total. The second-order valence-corrected chi connectivity index (χ2v) is 7.28. The number of aromatic amines is 1. The fourth-order valence-electron chi connectivity index (χ4n) is 3.14. The van der Waals surface area contributed by atoms with Crippen LogP contribution in [0, 0.1) is 0 Å². The summed E-state index contributed by atoms with van der Waals surface area (Å²) in [4.78, 5) is 26.9. The summed E-state index contributed by atoms with van der Waals surface area (Å²) in [6.07, 6.45) is 2.08. The average Bonchev–Trinajstić information content (AvgIpc) is 3.20. The maximum Gasteiger partial charge on any atom is 0.326 e. The normalized spacial score (nSPS) is 13.6. The maximum absolute atomic E-state index is 12.9. The molecule has 0 bridgehead atoms. The first-order chi connectivity index (χ1) is 13.3. The van der Waals surface area contributed by atoms with Crippen molar-refractivity contribution in [2.45, 2.75) is 18.9 Å². The van der Waals surface area contributed by atoms with Crippen LogP contribution >= 0.6 is 11.3 Å². The Kier molecular flexibility index (Phi) is 3.86. The second-order valence-electron chi connectivity index (χ2n) is 6.56. The lowest BCUT2D eigenvalue weighted by atomic mass is 10.2. The summed E-state index contributed by atoms with van der Waals surface area (Å²) in [7, 11) is 0. The molecule has 1 aliphatic carbocycles. The maximum atomic E-state index is 12.9. The molecule has 0 radical (unpaired) electrons. The van der Waals surface area contributed by atoms with Gasteiger partial charge in [-0.1, -0.05) is 18.2 Å². The first-order valence-electron chi connectivity index (χ1n) is 8.81. The minimum absolute atomic E-state index is 0.109. The van der Waals surface area contributed by atoms with Crippen LogP contribution in [0.1, 0.15) is 12.8 Å². The Morgan fingerprint density at radius 1 is 1.19 bits per heavy atom. The molecule has 2 aromatic heterocycles. The first kappa shape index (κ1) is 16.0. The van der Waals surface area contributed by atoms with Gasteiger partial charge in [-0.15, -0.1) is 11.3 Å². The Morgan fingerprint density at radius 3 is 2.78 bits per heavy atom. The highest BCUT2D eigenvalue weighted by Gasteiger charge is 2.33. The van der Waals surface area contributed by atoms with Gasteiger partial charge in [0.05, 0.1) is 16.5 Å². The van der Waals surface area contributed by atoms with E-state index in [4.69, 9.17) is 0 Å². The summed E-state index contributed by atoms with van der Waals surface area (Å²) in [6, 6.07) is 15.7. The molecule has 0 atom stereocenters. The number of thiazole rings is 1. The van der Waals surface area contributed by atoms with Gasteiger partial charge in [0.15, 0.2) is 5.82 Å². The van der Waals surface area contributed by atoms with Gasteiger partial charge in [0.2, 0.25) is 0 Å². The molecule has 134 valence electrons. The fourth-order valence-corrected chi connectivity index (χ4v) is 3.67. The summed E-state index contributed by atoms with van der Waals surface area (Å²) >= 11 is 1.53. The Bertz CT molecular complexity index is 1090. The van der Waals surface area contributed by atoms with Gasteiger partial charge in [0.25, 0.3) is 0 Å². The molecule has 2 amide bonds. The average molecular weight is 375 g/mol. The quantitative estimate of drug-likeness (QED) is 0.533. The Balaban J connectivity index is 1.41. The third kappa shape index (κ3) is 3.17. The van der Waals surface area contributed by atoms with E-state index in [1.54, 1.807) is 5.51 Å². The zero-order valence-corrected chi connectivity index (χ0v) is 15.2. The van der Waals surface area contributed by atoms with Gasteiger partial charge in [-0.25, -0.2) is 14.8 Å². The highest BCUT2D eigenvalue weighted by atomic mass is 32.1. The molecular weight excluding hydrogens is 358 g/mol. The van der Waals surface area contributed by atoms with Crippen LogP contribution in [0.25, 0.3) is 22.6 Å². The minimum Gasteiger partial charge on any atom is -0.337 e. The summed E-state index contributed by atoms with van der Waals surface area (Å²) in [5.74, 6) is 0.735. The predicted octanol–water partition coefficient (Wildman–Crippen LogP) is 4.89. The molecule has 5 rings (SSSR count). The zero-order valence-electron chi connectivity index (χ0n) is 14.4. The number of urea groups is 1. The summed E-state index contributed by atoms with van der Waals surface area (Å²) < 4.78 is 0. The SMILES string of the molecule is O=C(Nc1ccc2nc(-c3cscn3)[nH]c2c1)N(c1ccccc1)C1CC1. The lowest BCUT2D eigenvalue weighted by Crippen LogP contribution is -2.36. The standard InChI is InChI=1S/C20H17N5OS/c26-20(25(15-7-8-15)14-4-2-1-3-5-14)22-13-6-9-16-17(10-13)24-19(23-16)18-11-27-12-21-18/h1-6,9-12,15H,7-8H2,(H,22,26)(H,23,24). The molecule has 2 heterocycles. The van der Waals surface area contributed by atoms with E-state index in [1.807, 2.05) is 58.8 Å². The number of amides is 2. The van der Waals surface area contributed by atoms with Crippen molar-refractivity contribution >= 4 is 39.8 Å². The number of rotatable bonds is 4. The van der Waals surface area contributed by atoms with Crippen molar-refractivity contribution in [3.63, 3.8) is 0 Å². The van der Waals surface area contributed by atoms with Crippen molar-refractivity contribution in [1.82, 2.24) is 15.0 Å². The van der Waals surface area contributed by atoms with Gasteiger partial charge in [0, 0.05) is 22.8 Å². The second kappa shape index (κ2) is 6.51. The Labute approximate surface area is 159 Å². The monoisotopic (exact) mass is 375 g/mol. The number of nitrogens with zero attached hydrogens (tertiary/aromatic N) is 3. The lowest BCUT2D eigenvalue weighted by Gasteiger charge is -2.23. The van der Waals surface area contributed by atoms with Gasteiger partial charge in [-0.3, -0.25) is 4.90 Å². The van der Waals surface area contributed by atoms with Crippen molar-refractivity contribution < 1.29 is 4.79 Å². The molecule has 0 saturated heterocycles. The molecule has 4 aromatic rings. The topological polar surface area (TPSA) is 73.9 Å². The van der Waals surface area contributed by atoms with E-state index in [0.29, 0.717) is 0 Å². The van der Waals surface area contributed by atoms with Crippen LogP contribution in [0.4, 0.5) is 16.2 Å². The minimum atomic E-state index is -0.109. The van der Waals surface area contributed by atoms with Gasteiger partial charge in [-0.2, -0.15) is 0 Å². The molecule has 1 saturated carbocycles. The molecule has 2 aromatic carbocycles. The fraction of sp³-hybridized carbons (Fsp3) is 0.150. The summed E-state index contributed by atoms with van der Waals surface area (Å²) in [5, 5.41) is 4.98. The van der Waals surface area contributed by atoms with Crippen LogP contribution in [-0.4, -0.2) is 27.0 Å². The van der Waals surface area contributed by atoms with E-state index in [1.165, 1.54) is 11.3 Å². The van der Waals surface area contributed by atoms with Gasteiger partial charge < -0.3 is 10.3 Å². The molecule has 0 unspecified atom stereocenters. The number of benzene rings is 2. The van der Waals surface area contributed by atoms with E-state index in [2.05, 4.69) is 20.3 Å². The van der Waals surface area contributed by atoms with Crippen molar-refractivity contribution in [2.24, 2.45) is 0 Å². The third-order valence-corrected chi connectivity index (χ3v) is 5.16. The number of H-pyrrole nitrogens is 1. The molecule has 0 spiro atoms. The number of hydrogen-bond acceptors (Lipinski definition) is 4. The smallest absolute Gasteiger partial charge is 0.326 e. The van der Waals surface area contributed by atoms with Gasteiger partial charge in [0.1, 0.15) is 5.69 Å². The van der Waals surface area contributed by atoms with Crippen LogP contribution in [0.15, 0.2) is 59.4 Å². The van der Waals surface area contributed by atoms with E-state index < -0.39 is 0 Å². The van der Waals surface area contributed by atoms with Crippen molar-refractivity contribution in [3.05, 3.63) is 59.4 Å². The lowest BCUT2D eigenvalue weighted by molar-refractivity contribution is 0.256. The summed E-state index contributed by atoms with van der Waals surface area (Å²) in [5.41, 5.74) is 5.98. The highest BCUT2D eigenvalue weighted by molar-refractivity contribution is 7.07. The molecule has 1 aliphatic rings. The van der Waals surface area contributed by atoms with Crippen LogP contribution in [-0.2, 0) is 0 Å². The van der Waals surface area contributed by atoms with E-state index in [9.17, 15) is 4.79 Å². The molecule has 0 aliphatic heterocycles. The first-order valence-corrected chi connectivity index (χ1v) is 9.76. The number of fused-ring (bicyclic) bond motifs is 1. The van der Waals surface area contributed by atoms with Crippen molar-refractivity contribution in [2.75, 3.05) is 10.2 Å². The molecule has 2 N–H and O–H groups in total. The third-order valence-electron chi connectivity index (χ3n) is 4.57. The molecule has 1 fully saturated rings. The number of nitrogens with one attached hydrogen (secondary N) is 2. The van der Waals surface area contributed by atoms with E-state index in [-0.39, 0.29) is 12.1 Å². The van der Waals surface area contributed by atoms with E-state index in [0.717, 1.165) is 46.8 Å². The van der Waals surface area contributed by atoms with Gasteiger partial charge in [-0.05, 0) is 43.2 Å². The van der Waals surface area contributed by atoms with Crippen LogP contribution in [0.2, 0.25) is 0 Å². The number of anilines is 2. The van der Waals surface area contributed by atoms with E-state index >= 15 is 0 Å². The predicted molar refractivity (Wildman–Crippen MR) is 108 cm³/mol. The number of hydrogen-bond donors (Lipinski definition) is 2. The number of imidazole rings is 1. The highest BCUT2D eigenvalue weighted by Crippen LogP contribution is 2.32. The van der Waals surface area contributed by atoms with Crippen LogP contribution in [0.3, 0.4) is 0 Å². The van der Waals surface area contributed by atoms with Crippen LogP contribution in [0.5, 0.6) is 0 Å². The Hall–Kier alpha value is -3.19. The van der Waals surface area contributed by atoms with Gasteiger partial charge >= 0.3 is 6.03 Å².